The van der Waals surface area contributed by atoms with Crippen molar-refractivity contribution in [3.8, 4) is 0 Å². The molecule has 94 valence electrons. The molecule has 0 bridgehead atoms. The molecule has 1 unspecified atom stereocenters. The molecule has 1 rings (SSSR count). The average molecular weight is 244 g/mol. The molecule has 0 heterocycles. The van der Waals surface area contributed by atoms with E-state index in [0.29, 0.717) is 18.7 Å². The van der Waals surface area contributed by atoms with Gasteiger partial charge in [0.15, 0.2) is 11.6 Å². The fraction of sp³-hybridized carbons (Fsp3) is 0.364. The number of nitrogens with one attached hydrogen (secondary N) is 1. The topological polar surface area (TPSA) is 75.3 Å². The Hall–Kier alpha value is -1.53. The van der Waals surface area contributed by atoms with E-state index in [1.807, 2.05) is 0 Å². The first-order valence-corrected chi connectivity index (χ1v) is 5.11. The summed E-state index contributed by atoms with van der Waals surface area (Å²) in [4.78, 5) is 10.3. The highest BCUT2D eigenvalue weighted by atomic mass is 19.2. The van der Waals surface area contributed by atoms with E-state index in [0.717, 1.165) is 12.1 Å². The van der Waals surface area contributed by atoms with Gasteiger partial charge in [0.2, 0.25) is 0 Å². The van der Waals surface area contributed by atoms with Gasteiger partial charge in [-0.2, -0.15) is 0 Å². The fourth-order valence-electron chi connectivity index (χ4n) is 1.35. The fourth-order valence-corrected chi connectivity index (χ4v) is 1.35. The summed E-state index contributed by atoms with van der Waals surface area (Å²) >= 11 is 0. The average Bonchev–Trinajstić information content (AvgIpc) is 2.22. The van der Waals surface area contributed by atoms with Crippen LogP contribution in [-0.2, 0) is 11.3 Å². The number of aliphatic carboxylic acids is 1. The monoisotopic (exact) mass is 244 g/mol. The van der Waals surface area contributed by atoms with E-state index in [9.17, 15) is 13.6 Å². The van der Waals surface area contributed by atoms with Crippen molar-refractivity contribution in [2.45, 2.75) is 19.0 Å². The Morgan fingerprint density at radius 1 is 1.41 bits per heavy atom. The summed E-state index contributed by atoms with van der Waals surface area (Å²) in [6, 6.07) is 3.08. The van der Waals surface area contributed by atoms with Crippen LogP contribution < -0.4 is 11.1 Å². The minimum absolute atomic E-state index is 0.134. The van der Waals surface area contributed by atoms with Crippen LogP contribution in [-0.4, -0.2) is 23.7 Å². The normalized spacial score (nSPS) is 12.4. The zero-order valence-corrected chi connectivity index (χ0v) is 9.12. The molecule has 17 heavy (non-hydrogen) atoms. The largest absolute Gasteiger partial charge is 0.481 e. The smallest absolute Gasteiger partial charge is 0.304 e. The number of hydrogen-bond acceptors (Lipinski definition) is 3. The maximum Gasteiger partial charge on any atom is 0.304 e. The summed E-state index contributed by atoms with van der Waals surface area (Å²) < 4.78 is 25.4. The maximum atomic E-state index is 12.8. The van der Waals surface area contributed by atoms with E-state index in [1.54, 1.807) is 0 Å². The van der Waals surface area contributed by atoms with Crippen molar-refractivity contribution in [1.82, 2.24) is 5.32 Å². The Morgan fingerprint density at radius 3 is 2.71 bits per heavy atom. The number of carboxylic acid groups (broad SMARTS) is 1. The van der Waals surface area contributed by atoms with Crippen molar-refractivity contribution in [2.75, 3.05) is 6.54 Å². The van der Waals surface area contributed by atoms with E-state index in [1.165, 1.54) is 6.07 Å². The van der Waals surface area contributed by atoms with E-state index in [2.05, 4.69) is 5.32 Å². The van der Waals surface area contributed by atoms with Crippen LogP contribution in [0.2, 0.25) is 0 Å². The SMILES string of the molecule is NC(CNCc1ccc(F)c(F)c1)CC(=O)O. The summed E-state index contributed by atoms with van der Waals surface area (Å²) in [5.74, 6) is -2.76. The molecule has 0 spiro atoms. The van der Waals surface area contributed by atoms with Crippen LogP contribution in [0, 0.1) is 11.6 Å². The molecular weight excluding hydrogens is 230 g/mol. The first kappa shape index (κ1) is 13.5. The van der Waals surface area contributed by atoms with Crippen molar-refractivity contribution < 1.29 is 18.7 Å². The first-order valence-electron chi connectivity index (χ1n) is 5.11. The second-order valence-electron chi connectivity index (χ2n) is 3.74. The van der Waals surface area contributed by atoms with Crippen LogP contribution in [0.1, 0.15) is 12.0 Å². The zero-order valence-electron chi connectivity index (χ0n) is 9.12. The molecular formula is C11H14F2N2O2. The Kier molecular flexibility index (Phi) is 4.99. The van der Waals surface area contributed by atoms with Crippen LogP contribution in [0.4, 0.5) is 8.78 Å². The van der Waals surface area contributed by atoms with Crippen LogP contribution in [0.15, 0.2) is 18.2 Å². The van der Waals surface area contributed by atoms with Gasteiger partial charge in [-0.25, -0.2) is 8.78 Å². The molecule has 6 heteroatoms. The third-order valence-corrected chi connectivity index (χ3v) is 2.16. The third kappa shape index (κ3) is 4.88. The number of benzene rings is 1. The number of carboxylic acids is 1. The molecule has 4 nitrogen and oxygen atoms in total. The molecule has 0 fully saturated rings. The number of nitrogens with two attached hydrogens (primary N) is 1. The molecule has 1 aromatic rings. The van der Waals surface area contributed by atoms with E-state index in [4.69, 9.17) is 10.8 Å². The van der Waals surface area contributed by atoms with Crippen LogP contribution in [0.25, 0.3) is 0 Å². The van der Waals surface area contributed by atoms with E-state index in [-0.39, 0.29) is 6.42 Å². The highest BCUT2D eigenvalue weighted by Crippen LogP contribution is 2.08. The number of rotatable bonds is 6. The number of halogens is 2. The lowest BCUT2D eigenvalue weighted by Crippen LogP contribution is -2.35. The number of hydrogen-bond donors (Lipinski definition) is 3. The van der Waals surface area contributed by atoms with Gasteiger partial charge in [-0.1, -0.05) is 6.07 Å². The molecule has 1 aromatic carbocycles. The van der Waals surface area contributed by atoms with Crippen LogP contribution >= 0.6 is 0 Å². The zero-order chi connectivity index (χ0) is 12.8. The van der Waals surface area contributed by atoms with Crippen molar-refractivity contribution in [2.24, 2.45) is 5.73 Å². The molecule has 4 N–H and O–H groups in total. The van der Waals surface area contributed by atoms with E-state index >= 15 is 0 Å². The highest BCUT2D eigenvalue weighted by Gasteiger charge is 2.07. The minimum atomic E-state index is -0.966. The molecule has 0 amide bonds. The Morgan fingerprint density at radius 2 is 2.12 bits per heavy atom. The molecule has 0 aromatic heterocycles. The first-order chi connectivity index (χ1) is 7.99. The third-order valence-electron chi connectivity index (χ3n) is 2.16. The van der Waals surface area contributed by atoms with E-state index < -0.39 is 23.6 Å². The summed E-state index contributed by atoms with van der Waals surface area (Å²) in [6.07, 6.45) is -0.134. The summed E-state index contributed by atoms with van der Waals surface area (Å²) in [5.41, 5.74) is 6.09. The maximum absolute atomic E-state index is 12.8. The van der Waals surface area contributed by atoms with Gasteiger partial charge in [0, 0.05) is 19.1 Å². The lowest BCUT2D eigenvalue weighted by Gasteiger charge is -2.10. The summed E-state index contributed by atoms with van der Waals surface area (Å²) in [5, 5.41) is 11.3. The highest BCUT2D eigenvalue weighted by molar-refractivity contribution is 5.67. The molecule has 1 atom stereocenters. The summed E-state index contributed by atoms with van der Waals surface area (Å²) in [6.45, 7) is 0.607. The van der Waals surface area contributed by atoms with Crippen LogP contribution in [0.3, 0.4) is 0 Å². The van der Waals surface area contributed by atoms with Gasteiger partial charge in [0.05, 0.1) is 6.42 Å². The Balaban J connectivity index is 2.35. The van der Waals surface area contributed by atoms with Crippen LogP contribution in [0.5, 0.6) is 0 Å². The lowest BCUT2D eigenvalue weighted by atomic mass is 10.2. The van der Waals surface area contributed by atoms with Crippen molar-refractivity contribution >= 4 is 5.97 Å². The molecule has 0 aliphatic rings. The predicted octanol–water partition coefficient (Wildman–Crippen LogP) is 0.856. The predicted molar refractivity (Wildman–Crippen MR) is 58.3 cm³/mol. The molecule has 0 saturated carbocycles. The number of carbonyl (C=O) groups is 1. The second kappa shape index (κ2) is 6.27. The van der Waals surface area contributed by atoms with Gasteiger partial charge in [-0.3, -0.25) is 4.79 Å². The standard InChI is InChI=1S/C11H14F2N2O2/c12-9-2-1-7(3-10(9)13)5-15-6-8(14)4-11(16)17/h1-3,8,15H,4-6,14H2,(H,16,17). The Bertz CT molecular complexity index is 399. The van der Waals surface area contributed by atoms with Crippen molar-refractivity contribution in [3.63, 3.8) is 0 Å². The van der Waals surface area contributed by atoms with Crippen molar-refractivity contribution in [1.29, 1.82) is 0 Å². The van der Waals surface area contributed by atoms with Gasteiger partial charge in [-0.15, -0.1) is 0 Å². The minimum Gasteiger partial charge on any atom is -0.481 e. The molecule has 0 aliphatic carbocycles. The van der Waals surface area contributed by atoms with Gasteiger partial charge >= 0.3 is 5.97 Å². The van der Waals surface area contributed by atoms with Gasteiger partial charge in [-0.05, 0) is 17.7 Å². The second-order valence-corrected chi connectivity index (χ2v) is 3.74. The molecule has 0 aliphatic heterocycles. The lowest BCUT2D eigenvalue weighted by molar-refractivity contribution is -0.137. The quantitative estimate of drug-likeness (QED) is 0.693. The summed E-state index contributed by atoms with van der Waals surface area (Å²) in [7, 11) is 0. The van der Waals surface area contributed by atoms with Gasteiger partial charge in [0.25, 0.3) is 0 Å². The molecule has 0 radical (unpaired) electrons. The van der Waals surface area contributed by atoms with Gasteiger partial charge in [0.1, 0.15) is 0 Å². The van der Waals surface area contributed by atoms with Gasteiger partial charge < -0.3 is 16.2 Å². The molecule has 0 saturated heterocycles. The Labute approximate surface area is 97.4 Å². The van der Waals surface area contributed by atoms with Crippen molar-refractivity contribution in [3.05, 3.63) is 35.4 Å².